The van der Waals surface area contributed by atoms with E-state index >= 15 is 0 Å². The van der Waals surface area contributed by atoms with Crippen LogP contribution in [0.15, 0.2) is 0 Å². The summed E-state index contributed by atoms with van der Waals surface area (Å²) in [6, 6.07) is 0. The van der Waals surface area contributed by atoms with E-state index in [1.807, 2.05) is 13.8 Å². The molecule has 0 aliphatic rings. The number of unbranched alkanes of at least 4 members (excludes halogenated alkanes) is 10. The molecule has 0 aromatic heterocycles. The molecule has 21 heavy (non-hydrogen) atoms. The Morgan fingerprint density at radius 1 is 0.667 bits per heavy atom. The Hall–Kier alpha value is -0.530. The van der Waals surface area contributed by atoms with E-state index in [0.29, 0.717) is 6.42 Å². The fourth-order valence-corrected chi connectivity index (χ4v) is 1.93. The molecule has 0 saturated carbocycles. The smallest absolute Gasteiger partial charge is 0.217 e. The van der Waals surface area contributed by atoms with E-state index in [2.05, 4.69) is 20.8 Å². The van der Waals surface area contributed by atoms with Crippen LogP contribution in [0.5, 0.6) is 0 Å². The maximum Gasteiger partial charge on any atom is 0.217 e. The van der Waals surface area contributed by atoms with Crippen molar-refractivity contribution in [1.29, 1.82) is 0 Å². The van der Waals surface area contributed by atoms with Crippen LogP contribution in [0.25, 0.3) is 0 Å². The summed E-state index contributed by atoms with van der Waals surface area (Å²) in [6.45, 7) is 10.7. The molecule has 0 aromatic carbocycles. The molecule has 0 heterocycles. The molecule has 0 radical (unpaired) electrons. The maximum absolute atomic E-state index is 10.3. The highest BCUT2D eigenvalue weighted by molar-refractivity contribution is 5.73. The number of carbonyl (C=O) groups excluding carboxylic acids is 1. The van der Waals surface area contributed by atoms with Gasteiger partial charge in [0.05, 0.1) is 0 Å². The molecule has 0 aliphatic carbocycles. The summed E-state index contributed by atoms with van der Waals surface area (Å²) in [5.74, 6) is -0.166. The van der Waals surface area contributed by atoms with Crippen molar-refractivity contribution in [2.75, 3.05) is 0 Å². The first-order valence-electron chi connectivity index (χ1n) is 9.47. The maximum atomic E-state index is 10.3. The van der Waals surface area contributed by atoms with Crippen LogP contribution in [0.1, 0.15) is 120 Å². The average Bonchev–Trinajstić information content (AvgIpc) is 2.50. The summed E-state index contributed by atoms with van der Waals surface area (Å²) in [4.78, 5) is 10.3. The van der Waals surface area contributed by atoms with Crippen molar-refractivity contribution in [2.24, 2.45) is 5.73 Å². The van der Waals surface area contributed by atoms with E-state index in [1.54, 1.807) is 0 Å². The van der Waals surface area contributed by atoms with Crippen molar-refractivity contribution >= 4 is 5.91 Å². The van der Waals surface area contributed by atoms with Crippen molar-refractivity contribution in [3.63, 3.8) is 0 Å². The predicted molar refractivity (Wildman–Crippen MR) is 99.7 cm³/mol. The Morgan fingerprint density at radius 3 is 1.24 bits per heavy atom. The van der Waals surface area contributed by atoms with Crippen molar-refractivity contribution in [1.82, 2.24) is 0 Å². The third-order valence-electron chi connectivity index (χ3n) is 3.23. The molecule has 0 saturated heterocycles. The lowest BCUT2D eigenvalue weighted by Gasteiger charge is -1.97. The molecule has 0 rings (SSSR count). The minimum atomic E-state index is -0.166. The highest BCUT2D eigenvalue weighted by Crippen LogP contribution is 2.06. The van der Waals surface area contributed by atoms with Gasteiger partial charge in [0.15, 0.2) is 0 Å². The van der Waals surface area contributed by atoms with Crippen molar-refractivity contribution in [2.45, 2.75) is 118 Å². The third kappa shape index (κ3) is 38.2. The topological polar surface area (TPSA) is 43.1 Å². The molecule has 0 spiro atoms. The normalized spacial score (nSPS) is 9.19. The van der Waals surface area contributed by atoms with Gasteiger partial charge in [0.1, 0.15) is 0 Å². The second kappa shape index (κ2) is 27.8. The molecule has 0 bridgehead atoms. The van der Waals surface area contributed by atoms with Crippen LogP contribution < -0.4 is 5.73 Å². The number of primary amides is 1. The minimum Gasteiger partial charge on any atom is -0.370 e. The van der Waals surface area contributed by atoms with Gasteiger partial charge in [-0.25, -0.2) is 0 Å². The van der Waals surface area contributed by atoms with Gasteiger partial charge < -0.3 is 5.73 Å². The molecule has 0 fully saturated rings. The van der Waals surface area contributed by atoms with E-state index in [1.165, 1.54) is 64.2 Å². The number of amides is 1. The summed E-state index contributed by atoms with van der Waals surface area (Å²) in [7, 11) is 0. The Morgan fingerprint density at radius 2 is 0.952 bits per heavy atom. The van der Waals surface area contributed by atoms with Crippen LogP contribution in [-0.2, 0) is 4.79 Å². The van der Waals surface area contributed by atoms with E-state index in [0.717, 1.165) is 12.8 Å². The fraction of sp³-hybridized carbons (Fsp3) is 0.947. The Labute approximate surface area is 136 Å². The van der Waals surface area contributed by atoms with Gasteiger partial charge in [0.25, 0.3) is 0 Å². The van der Waals surface area contributed by atoms with Crippen LogP contribution >= 0.6 is 0 Å². The van der Waals surface area contributed by atoms with Crippen LogP contribution in [0.2, 0.25) is 0 Å². The molecule has 0 unspecified atom stereocenters. The molecule has 2 nitrogen and oxygen atoms in total. The lowest BCUT2D eigenvalue weighted by atomic mass is 10.1. The number of hydrogen-bond donors (Lipinski definition) is 1. The zero-order valence-electron chi connectivity index (χ0n) is 15.7. The Balaban J connectivity index is -0.000000131. The molecular weight excluding hydrogens is 258 g/mol. The summed E-state index contributed by atoms with van der Waals surface area (Å²) < 4.78 is 0. The summed E-state index contributed by atoms with van der Waals surface area (Å²) in [5, 5.41) is 0. The third-order valence-corrected chi connectivity index (χ3v) is 3.23. The number of rotatable bonds is 12. The molecule has 2 heteroatoms. The predicted octanol–water partition coefficient (Wildman–Crippen LogP) is 6.86. The SMILES string of the molecule is CC.CCCCCCCC.CCCCCCCCC(N)=O.[HH]. The van der Waals surface area contributed by atoms with Gasteiger partial charge in [-0.1, -0.05) is 105 Å². The number of nitrogens with two attached hydrogens (primary N) is 1. The summed E-state index contributed by atoms with van der Waals surface area (Å²) in [6.07, 6.45) is 16.3. The first-order chi connectivity index (χ1) is 10.2. The quantitative estimate of drug-likeness (QED) is 0.393. The van der Waals surface area contributed by atoms with Gasteiger partial charge in [-0.05, 0) is 6.42 Å². The minimum absolute atomic E-state index is 0. The largest absolute Gasteiger partial charge is 0.370 e. The van der Waals surface area contributed by atoms with Crippen LogP contribution in [0, 0.1) is 0 Å². The van der Waals surface area contributed by atoms with Crippen molar-refractivity contribution in [3.8, 4) is 0 Å². The van der Waals surface area contributed by atoms with Gasteiger partial charge in [0.2, 0.25) is 5.91 Å². The van der Waals surface area contributed by atoms with Crippen LogP contribution in [0.4, 0.5) is 0 Å². The standard InChI is InChI=1S/C9H19NO.C8H18.C2H6.H2/c1-2-3-4-5-6-7-8-9(10)11;1-3-5-7-8-6-4-2;1-2;/h2-8H2,1H3,(H2,10,11);3-8H2,1-2H3;1-2H3;1H. The molecule has 0 aromatic rings. The van der Waals surface area contributed by atoms with E-state index < -0.39 is 0 Å². The monoisotopic (exact) mass is 303 g/mol. The second-order valence-corrected chi connectivity index (χ2v) is 5.40. The number of carbonyl (C=O) groups is 1. The van der Waals surface area contributed by atoms with Crippen molar-refractivity contribution in [3.05, 3.63) is 0 Å². The van der Waals surface area contributed by atoms with E-state index in [-0.39, 0.29) is 7.33 Å². The van der Waals surface area contributed by atoms with Gasteiger partial charge >= 0.3 is 0 Å². The average molecular weight is 304 g/mol. The molecular formula is C19H45NO. The molecule has 0 aliphatic heterocycles. The zero-order chi connectivity index (χ0) is 16.8. The lowest BCUT2D eigenvalue weighted by molar-refractivity contribution is -0.118. The van der Waals surface area contributed by atoms with Gasteiger partial charge in [-0.2, -0.15) is 0 Å². The highest BCUT2D eigenvalue weighted by Gasteiger charge is 1.93. The zero-order valence-corrected chi connectivity index (χ0v) is 15.7. The van der Waals surface area contributed by atoms with E-state index in [9.17, 15) is 4.79 Å². The summed E-state index contributed by atoms with van der Waals surface area (Å²) >= 11 is 0. The summed E-state index contributed by atoms with van der Waals surface area (Å²) in [5.41, 5.74) is 4.99. The fourth-order valence-electron chi connectivity index (χ4n) is 1.93. The van der Waals surface area contributed by atoms with Gasteiger partial charge in [-0.15, -0.1) is 0 Å². The molecule has 132 valence electrons. The van der Waals surface area contributed by atoms with Crippen LogP contribution in [-0.4, -0.2) is 5.91 Å². The first-order valence-corrected chi connectivity index (χ1v) is 9.47. The van der Waals surface area contributed by atoms with Gasteiger partial charge in [0, 0.05) is 7.85 Å². The van der Waals surface area contributed by atoms with Crippen molar-refractivity contribution < 1.29 is 6.22 Å². The number of hydrogen-bond acceptors (Lipinski definition) is 1. The van der Waals surface area contributed by atoms with E-state index in [4.69, 9.17) is 5.73 Å². The molecule has 0 atom stereocenters. The molecule has 2 N–H and O–H groups in total. The Bertz CT molecular complexity index is 169. The first kappa shape index (κ1) is 25.4. The second-order valence-electron chi connectivity index (χ2n) is 5.40. The Kier molecular flexibility index (Phi) is 33.6. The van der Waals surface area contributed by atoms with Crippen LogP contribution in [0.3, 0.4) is 0 Å². The highest BCUT2D eigenvalue weighted by atomic mass is 16.1. The molecule has 1 amide bonds. The van der Waals surface area contributed by atoms with Gasteiger partial charge in [-0.3, -0.25) is 4.79 Å². The lowest BCUT2D eigenvalue weighted by Crippen LogP contribution is -2.09.